The summed E-state index contributed by atoms with van der Waals surface area (Å²) in [7, 11) is 2.17. The van der Waals surface area contributed by atoms with E-state index in [0.717, 1.165) is 23.6 Å². The Hall–Kier alpha value is -0.830. The highest BCUT2D eigenvalue weighted by Crippen LogP contribution is 2.60. The lowest BCUT2D eigenvalue weighted by Crippen LogP contribution is -2.49. The maximum atomic E-state index is 6.04. The molecule has 4 bridgehead atoms. The van der Waals surface area contributed by atoms with E-state index in [9.17, 15) is 0 Å². The first-order valence-corrected chi connectivity index (χ1v) is 7.85. The smallest absolute Gasteiger partial charge is 0.125 e. The fourth-order valence-electron chi connectivity index (χ4n) is 5.76. The third kappa shape index (κ3) is 1.63. The van der Waals surface area contributed by atoms with Gasteiger partial charge in [-0.05, 0) is 63.2 Å². The van der Waals surface area contributed by atoms with Crippen LogP contribution in [0.5, 0.6) is 0 Å². The highest BCUT2D eigenvalue weighted by Gasteiger charge is 2.52. The van der Waals surface area contributed by atoms with Crippen LogP contribution in [0.2, 0.25) is 0 Å². The van der Waals surface area contributed by atoms with Crippen molar-refractivity contribution >= 4 is 0 Å². The Morgan fingerprint density at radius 1 is 1.21 bits per heavy atom. The first kappa shape index (κ1) is 12.0. The highest BCUT2D eigenvalue weighted by molar-refractivity contribution is 5.24. The van der Waals surface area contributed by atoms with Gasteiger partial charge in [0.05, 0.1) is 6.04 Å². The summed E-state index contributed by atoms with van der Waals surface area (Å²) in [5.41, 5.74) is 7.94. The Labute approximate surface area is 115 Å². The second-order valence-corrected chi connectivity index (χ2v) is 7.55. The van der Waals surface area contributed by atoms with Crippen LogP contribution >= 0.6 is 0 Å². The number of nitrogens with zero attached hydrogens (tertiary/aromatic N) is 2. The third-order valence-corrected chi connectivity index (χ3v) is 6.01. The zero-order valence-corrected chi connectivity index (χ0v) is 12.1. The number of rotatable bonds is 2. The van der Waals surface area contributed by atoms with Crippen LogP contribution in [0.1, 0.15) is 63.0 Å². The van der Waals surface area contributed by atoms with Gasteiger partial charge in [-0.1, -0.05) is 0 Å². The Morgan fingerprint density at radius 3 is 2.16 bits per heavy atom. The van der Waals surface area contributed by atoms with E-state index >= 15 is 0 Å². The van der Waals surface area contributed by atoms with Crippen LogP contribution in [0.3, 0.4) is 0 Å². The van der Waals surface area contributed by atoms with Crippen molar-refractivity contribution in [1.29, 1.82) is 0 Å². The van der Waals surface area contributed by atoms with Crippen molar-refractivity contribution in [2.75, 3.05) is 0 Å². The van der Waals surface area contributed by atoms with E-state index in [1.807, 2.05) is 6.92 Å². The van der Waals surface area contributed by atoms with Crippen molar-refractivity contribution in [3.63, 3.8) is 0 Å². The van der Waals surface area contributed by atoms with Crippen molar-refractivity contribution in [3.8, 4) is 0 Å². The van der Waals surface area contributed by atoms with Crippen LogP contribution in [0.25, 0.3) is 0 Å². The molecule has 4 fully saturated rings. The van der Waals surface area contributed by atoms with Crippen LogP contribution in [-0.2, 0) is 12.5 Å². The first-order chi connectivity index (χ1) is 9.07. The van der Waals surface area contributed by atoms with Gasteiger partial charge in [0.25, 0.3) is 0 Å². The summed E-state index contributed by atoms with van der Waals surface area (Å²) in [6.07, 6.45) is 10.8. The van der Waals surface area contributed by atoms with Gasteiger partial charge in [0, 0.05) is 24.4 Å². The largest absolute Gasteiger partial charge is 0.333 e. The number of hydrogen-bond donors (Lipinski definition) is 1. The maximum absolute atomic E-state index is 6.04. The van der Waals surface area contributed by atoms with Crippen molar-refractivity contribution < 1.29 is 0 Å². The molecule has 5 rings (SSSR count). The van der Waals surface area contributed by atoms with Crippen molar-refractivity contribution in [1.82, 2.24) is 9.55 Å². The lowest BCUT2D eigenvalue weighted by atomic mass is 9.49. The molecule has 3 heteroatoms. The molecule has 19 heavy (non-hydrogen) atoms. The van der Waals surface area contributed by atoms with Gasteiger partial charge in [0.15, 0.2) is 0 Å². The zero-order chi connectivity index (χ0) is 13.2. The molecule has 1 atom stereocenters. The Balaban J connectivity index is 1.75. The molecule has 3 nitrogen and oxygen atoms in total. The first-order valence-electron chi connectivity index (χ1n) is 7.85. The number of hydrogen-bond acceptors (Lipinski definition) is 2. The van der Waals surface area contributed by atoms with E-state index in [0.29, 0.717) is 5.41 Å². The maximum Gasteiger partial charge on any atom is 0.125 e. The number of aromatic nitrogens is 2. The van der Waals surface area contributed by atoms with Crippen LogP contribution in [0.15, 0.2) is 6.20 Å². The highest BCUT2D eigenvalue weighted by atomic mass is 15.1. The summed E-state index contributed by atoms with van der Waals surface area (Å²) < 4.78 is 2.30. The van der Waals surface area contributed by atoms with Gasteiger partial charge in [-0.25, -0.2) is 4.98 Å². The molecule has 1 aromatic heterocycles. The molecule has 4 aliphatic rings. The molecular weight excluding hydrogens is 234 g/mol. The lowest BCUT2D eigenvalue weighted by Gasteiger charge is -2.56. The normalized spacial score (nSPS) is 41.7. The molecule has 104 valence electrons. The number of nitrogens with two attached hydrogens (primary N) is 1. The van der Waals surface area contributed by atoms with Crippen LogP contribution in [-0.4, -0.2) is 9.55 Å². The predicted octanol–water partition coefficient (Wildman–Crippen LogP) is 2.91. The molecule has 0 saturated heterocycles. The lowest BCUT2D eigenvalue weighted by molar-refractivity contribution is -0.00855. The monoisotopic (exact) mass is 259 g/mol. The average Bonchev–Trinajstić information content (AvgIpc) is 2.69. The molecule has 0 aromatic carbocycles. The summed E-state index contributed by atoms with van der Waals surface area (Å²) in [5, 5.41) is 0. The van der Waals surface area contributed by atoms with Gasteiger partial charge in [-0.3, -0.25) is 0 Å². The molecule has 0 radical (unpaired) electrons. The Morgan fingerprint density at radius 2 is 1.74 bits per heavy atom. The van der Waals surface area contributed by atoms with Crippen molar-refractivity contribution in [2.45, 2.75) is 56.9 Å². The standard InChI is InChI=1S/C16H25N3/c1-10(17)15-18-9-14(19(15)2)16-6-11-3-12(7-16)5-13(4-11)8-16/h9-13H,3-8,17H2,1-2H3. The summed E-state index contributed by atoms with van der Waals surface area (Å²) in [6.45, 7) is 2.03. The van der Waals surface area contributed by atoms with E-state index in [1.54, 1.807) is 0 Å². The summed E-state index contributed by atoms with van der Waals surface area (Å²) in [6, 6.07) is 0.0349. The SMILES string of the molecule is CC(N)c1ncc(C23CC4CC(CC(C4)C2)C3)n1C. The predicted molar refractivity (Wildman–Crippen MR) is 75.7 cm³/mol. The minimum absolute atomic E-state index is 0.0349. The summed E-state index contributed by atoms with van der Waals surface area (Å²) >= 11 is 0. The molecule has 0 aliphatic heterocycles. The van der Waals surface area contributed by atoms with Crippen LogP contribution in [0.4, 0.5) is 0 Å². The molecule has 1 heterocycles. The second-order valence-electron chi connectivity index (χ2n) is 7.55. The summed E-state index contributed by atoms with van der Waals surface area (Å²) in [5.74, 6) is 4.01. The van der Waals surface area contributed by atoms with Crippen LogP contribution < -0.4 is 5.73 Å². The van der Waals surface area contributed by atoms with E-state index in [-0.39, 0.29) is 6.04 Å². The molecule has 1 aromatic rings. The van der Waals surface area contributed by atoms with Gasteiger partial charge in [0.1, 0.15) is 5.82 Å². The van der Waals surface area contributed by atoms with E-state index in [1.165, 1.54) is 44.2 Å². The van der Waals surface area contributed by atoms with Crippen LogP contribution in [0, 0.1) is 17.8 Å². The Bertz CT molecular complexity index is 465. The fraction of sp³-hybridized carbons (Fsp3) is 0.812. The van der Waals surface area contributed by atoms with E-state index < -0.39 is 0 Å². The van der Waals surface area contributed by atoms with Gasteiger partial charge < -0.3 is 10.3 Å². The Kier molecular flexibility index (Phi) is 2.42. The second kappa shape index (κ2) is 3.85. The average molecular weight is 259 g/mol. The van der Waals surface area contributed by atoms with E-state index in [2.05, 4.69) is 22.8 Å². The quantitative estimate of drug-likeness (QED) is 0.887. The van der Waals surface area contributed by atoms with Gasteiger partial charge in [0.2, 0.25) is 0 Å². The fourth-order valence-corrected chi connectivity index (χ4v) is 5.76. The van der Waals surface area contributed by atoms with Gasteiger partial charge >= 0.3 is 0 Å². The molecule has 0 spiro atoms. The molecule has 0 amide bonds. The molecular formula is C16H25N3. The zero-order valence-electron chi connectivity index (χ0n) is 12.1. The summed E-state index contributed by atoms with van der Waals surface area (Å²) in [4.78, 5) is 4.61. The molecule has 2 N–H and O–H groups in total. The minimum atomic E-state index is 0.0349. The molecule has 1 unspecified atom stereocenters. The third-order valence-electron chi connectivity index (χ3n) is 6.01. The molecule has 4 aliphatic carbocycles. The van der Waals surface area contributed by atoms with Crippen molar-refractivity contribution in [3.05, 3.63) is 17.7 Å². The minimum Gasteiger partial charge on any atom is -0.333 e. The van der Waals surface area contributed by atoms with E-state index in [4.69, 9.17) is 5.73 Å². The van der Waals surface area contributed by atoms with Crippen molar-refractivity contribution in [2.24, 2.45) is 30.5 Å². The topological polar surface area (TPSA) is 43.8 Å². The van der Waals surface area contributed by atoms with Gasteiger partial charge in [-0.2, -0.15) is 0 Å². The van der Waals surface area contributed by atoms with Gasteiger partial charge in [-0.15, -0.1) is 0 Å². The molecule has 4 saturated carbocycles. The number of imidazole rings is 1.